The van der Waals surface area contributed by atoms with Gasteiger partial charge in [-0.05, 0) is 13.3 Å². The van der Waals surface area contributed by atoms with Gasteiger partial charge < -0.3 is 10.4 Å². The van der Waals surface area contributed by atoms with Crippen molar-refractivity contribution < 1.29 is 9.90 Å². The molecule has 0 bridgehead atoms. The molecular weight excluding hydrogens is 142 g/mol. The lowest BCUT2D eigenvalue weighted by atomic mass is 10.2. The van der Waals surface area contributed by atoms with Gasteiger partial charge in [0.1, 0.15) is 0 Å². The Morgan fingerprint density at radius 2 is 2.18 bits per heavy atom. The maximum Gasteiger partial charge on any atom is 0.220 e. The summed E-state index contributed by atoms with van der Waals surface area (Å²) >= 11 is 0. The fourth-order valence-corrected chi connectivity index (χ4v) is 0.611. The Hall–Kier alpha value is -0.830. The minimum Gasteiger partial charge on any atom is -0.395 e. The molecular formula is C8H15NO2. The Morgan fingerprint density at radius 1 is 1.55 bits per heavy atom. The van der Waals surface area contributed by atoms with Crippen molar-refractivity contribution in [2.75, 3.05) is 13.2 Å². The minimum atomic E-state index is -0.0259. The van der Waals surface area contributed by atoms with E-state index in [4.69, 9.17) is 5.11 Å². The molecule has 1 amide bonds. The first-order valence-corrected chi connectivity index (χ1v) is 3.68. The van der Waals surface area contributed by atoms with E-state index in [1.165, 1.54) is 0 Å². The molecule has 0 heterocycles. The molecule has 0 aliphatic heterocycles. The molecule has 3 nitrogen and oxygen atoms in total. The van der Waals surface area contributed by atoms with Crippen LogP contribution in [0.2, 0.25) is 0 Å². The van der Waals surface area contributed by atoms with E-state index >= 15 is 0 Å². The highest BCUT2D eigenvalue weighted by molar-refractivity contribution is 5.76. The van der Waals surface area contributed by atoms with Crippen molar-refractivity contribution >= 4 is 5.91 Å². The summed E-state index contributed by atoms with van der Waals surface area (Å²) in [6, 6.07) is 0. The number of carbonyl (C=O) groups excluding carboxylic acids is 1. The quantitative estimate of drug-likeness (QED) is 0.569. The van der Waals surface area contributed by atoms with Crippen molar-refractivity contribution in [3.8, 4) is 0 Å². The van der Waals surface area contributed by atoms with Crippen LogP contribution < -0.4 is 5.32 Å². The highest BCUT2D eigenvalue weighted by Crippen LogP contribution is 1.98. The predicted molar refractivity (Wildman–Crippen MR) is 44.1 cm³/mol. The van der Waals surface area contributed by atoms with Gasteiger partial charge in [0.2, 0.25) is 5.91 Å². The molecule has 0 atom stereocenters. The van der Waals surface area contributed by atoms with Gasteiger partial charge in [0.25, 0.3) is 0 Å². The van der Waals surface area contributed by atoms with Crippen LogP contribution in [0.4, 0.5) is 0 Å². The van der Waals surface area contributed by atoms with Crippen LogP contribution in [-0.2, 0) is 4.79 Å². The van der Waals surface area contributed by atoms with Crippen LogP contribution in [-0.4, -0.2) is 24.2 Å². The van der Waals surface area contributed by atoms with E-state index in [-0.39, 0.29) is 12.5 Å². The molecule has 0 aliphatic carbocycles. The summed E-state index contributed by atoms with van der Waals surface area (Å²) in [5.74, 6) is -0.0259. The summed E-state index contributed by atoms with van der Waals surface area (Å²) in [5.41, 5.74) is 1.00. The summed E-state index contributed by atoms with van der Waals surface area (Å²) in [7, 11) is 0. The first kappa shape index (κ1) is 10.2. The third-order valence-corrected chi connectivity index (χ3v) is 1.21. The number of hydrogen-bond acceptors (Lipinski definition) is 2. The summed E-state index contributed by atoms with van der Waals surface area (Å²) < 4.78 is 0. The Kier molecular flexibility index (Phi) is 5.47. The van der Waals surface area contributed by atoms with Crippen molar-refractivity contribution in [2.24, 2.45) is 0 Å². The van der Waals surface area contributed by atoms with Gasteiger partial charge in [0, 0.05) is 13.0 Å². The average molecular weight is 157 g/mol. The fourth-order valence-electron chi connectivity index (χ4n) is 0.611. The molecule has 0 aromatic rings. The standard InChI is InChI=1S/C8H15NO2/c1-7(2)3-4-8(11)9-5-6-10/h10H,1,3-6H2,2H3,(H,9,11). The molecule has 2 N–H and O–H groups in total. The number of allylic oxidation sites excluding steroid dienone is 1. The average Bonchev–Trinajstić information content (AvgIpc) is 1.97. The Morgan fingerprint density at radius 3 is 2.64 bits per heavy atom. The maximum absolute atomic E-state index is 10.8. The molecule has 0 rings (SSSR count). The number of nitrogens with one attached hydrogen (secondary N) is 1. The van der Waals surface area contributed by atoms with Crippen LogP contribution >= 0.6 is 0 Å². The van der Waals surface area contributed by atoms with E-state index in [2.05, 4.69) is 11.9 Å². The van der Waals surface area contributed by atoms with Crippen LogP contribution in [0.5, 0.6) is 0 Å². The Balaban J connectivity index is 3.30. The molecule has 0 aromatic heterocycles. The van der Waals surface area contributed by atoms with Gasteiger partial charge in [-0.2, -0.15) is 0 Å². The highest BCUT2D eigenvalue weighted by Gasteiger charge is 1.98. The van der Waals surface area contributed by atoms with Crippen molar-refractivity contribution in [3.05, 3.63) is 12.2 Å². The number of hydrogen-bond donors (Lipinski definition) is 2. The smallest absolute Gasteiger partial charge is 0.220 e. The van der Waals surface area contributed by atoms with Gasteiger partial charge in [-0.15, -0.1) is 6.58 Å². The molecule has 0 spiro atoms. The highest BCUT2D eigenvalue weighted by atomic mass is 16.3. The van der Waals surface area contributed by atoms with Gasteiger partial charge in [0.15, 0.2) is 0 Å². The van der Waals surface area contributed by atoms with E-state index in [0.29, 0.717) is 13.0 Å². The maximum atomic E-state index is 10.8. The topological polar surface area (TPSA) is 49.3 Å². The van der Waals surface area contributed by atoms with E-state index in [1.54, 1.807) is 0 Å². The second kappa shape index (κ2) is 5.92. The number of carbonyl (C=O) groups is 1. The fraction of sp³-hybridized carbons (Fsp3) is 0.625. The number of aliphatic hydroxyl groups excluding tert-OH is 1. The van der Waals surface area contributed by atoms with E-state index in [9.17, 15) is 4.79 Å². The third-order valence-electron chi connectivity index (χ3n) is 1.21. The van der Waals surface area contributed by atoms with Crippen LogP contribution in [0.15, 0.2) is 12.2 Å². The summed E-state index contributed by atoms with van der Waals surface area (Å²) in [6.45, 7) is 5.91. The Labute approximate surface area is 67.1 Å². The van der Waals surface area contributed by atoms with Gasteiger partial charge in [-0.25, -0.2) is 0 Å². The predicted octanol–water partition coefficient (Wildman–Crippen LogP) is 0.451. The second-order valence-electron chi connectivity index (χ2n) is 2.53. The molecule has 0 aromatic carbocycles. The lowest BCUT2D eigenvalue weighted by Gasteiger charge is -2.01. The van der Waals surface area contributed by atoms with Gasteiger partial charge in [0.05, 0.1) is 6.61 Å². The summed E-state index contributed by atoms with van der Waals surface area (Å²) in [6.07, 6.45) is 1.19. The van der Waals surface area contributed by atoms with Crippen LogP contribution in [0, 0.1) is 0 Å². The molecule has 64 valence electrons. The van der Waals surface area contributed by atoms with Gasteiger partial charge in [-0.1, -0.05) is 5.57 Å². The molecule has 0 saturated heterocycles. The van der Waals surface area contributed by atoms with E-state index < -0.39 is 0 Å². The molecule has 3 heteroatoms. The number of rotatable bonds is 5. The van der Waals surface area contributed by atoms with Gasteiger partial charge in [-0.3, -0.25) is 4.79 Å². The first-order chi connectivity index (χ1) is 5.16. The summed E-state index contributed by atoms with van der Waals surface area (Å²) in [5, 5.41) is 10.9. The zero-order valence-corrected chi connectivity index (χ0v) is 6.89. The normalized spacial score (nSPS) is 9.27. The summed E-state index contributed by atoms with van der Waals surface area (Å²) in [4.78, 5) is 10.8. The van der Waals surface area contributed by atoms with Crippen molar-refractivity contribution in [3.63, 3.8) is 0 Å². The third kappa shape index (κ3) is 7.06. The lowest BCUT2D eigenvalue weighted by molar-refractivity contribution is -0.121. The zero-order valence-electron chi connectivity index (χ0n) is 6.89. The number of amides is 1. The molecule has 0 radical (unpaired) electrons. The SMILES string of the molecule is C=C(C)CCC(=O)NCCO. The van der Waals surface area contributed by atoms with Crippen molar-refractivity contribution in [1.29, 1.82) is 0 Å². The first-order valence-electron chi connectivity index (χ1n) is 3.68. The van der Waals surface area contributed by atoms with E-state index in [1.807, 2.05) is 6.92 Å². The van der Waals surface area contributed by atoms with Crippen LogP contribution in [0.3, 0.4) is 0 Å². The monoisotopic (exact) mass is 157 g/mol. The second-order valence-corrected chi connectivity index (χ2v) is 2.53. The van der Waals surface area contributed by atoms with Crippen LogP contribution in [0.1, 0.15) is 19.8 Å². The molecule has 0 fully saturated rings. The van der Waals surface area contributed by atoms with E-state index in [0.717, 1.165) is 12.0 Å². The van der Waals surface area contributed by atoms with Crippen molar-refractivity contribution in [2.45, 2.75) is 19.8 Å². The van der Waals surface area contributed by atoms with Crippen molar-refractivity contribution in [1.82, 2.24) is 5.32 Å². The Bertz CT molecular complexity index is 143. The zero-order chi connectivity index (χ0) is 8.69. The molecule has 11 heavy (non-hydrogen) atoms. The minimum absolute atomic E-state index is 0.00118. The lowest BCUT2D eigenvalue weighted by Crippen LogP contribution is -2.25. The molecule has 0 saturated carbocycles. The largest absolute Gasteiger partial charge is 0.395 e. The van der Waals surface area contributed by atoms with Crippen LogP contribution in [0.25, 0.3) is 0 Å². The molecule has 0 aliphatic rings. The molecule has 0 unspecified atom stereocenters. The number of aliphatic hydroxyl groups is 1. The van der Waals surface area contributed by atoms with Gasteiger partial charge >= 0.3 is 0 Å².